The molecule has 0 fully saturated rings. The molecular weight excluding hydrogens is 314 g/mol. The minimum atomic E-state index is 0.440. The average molecular weight is 336 g/mol. The quantitative estimate of drug-likeness (QED) is 0.879. The molecule has 4 heteroatoms. The van der Waals surface area contributed by atoms with E-state index in [1.165, 1.54) is 11.3 Å². The summed E-state index contributed by atoms with van der Waals surface area (Å²) in [5.74, 6) is 0.440. The molecule has 2 aromatic rings. The van der Waals surface area contributed by atoms with E-state index in [0.29, 0.717) is 12.5 Å². The van der Waals surface area contributed by atoms with Crippen LogP contribution < -0.4 is 5.73 Å². The highest BCUT2D eigenvalue weighted by molar-refractivity contribution is 9.10. The van der Waals surface area contributed by atoms with E-state index in [4.69, 9.17) is 5.73 Å². The highest BCUT2D eigenvalue weighted by atomic mass is 79.9. The normalized spacial score (nSPS) is 12.6. The van der Waals surface area contributed by atoms with Crippen molar-refractivity contribution in [2.24, 2.45) is 11.7 Å². The average Bonchev–Trinajstić information content (AvgIpc) is 2.75. The van der Waals surface area contributed by atoms with E-state index in [1.54, 1.807) is 0 Å². The Hall–Kier alpha value is -1.13. The van der Waals surface area contributed by atoms with Crippen molar-refractivity contribution in [2.75, 3.05) is 6.54 Å². The summed E-state index contributed by atoms with van der Waals surface area (Å²) in [6, 6.07) is 10.5. The molecule has 2 rings (SSSR count). The molecule has 1 unspecified atom stereocenters. The van der Waals surface area contributed by atoms with Gasteiger partial charge in [-0.3, -0.25) is 4.68 Å². The van der Waals surface area contributed by atoms with Crippen LogP contribution in [0.3, 0.4) is 0 Å². The van der Waals surface area contributed by atoms with Crippen LogP contribution in [0.4, 0.5) is 0 Å². The Morgan fingerprint density at radius 2 is 1.95 bits per heavy atom. The molecule has 3 nitrogen and oxygen atoms in total. The molecular formula is C16H22BrN3. The van der Waals surface area contributed by atoms with E-state index in [0.717, 1.165) is 29.6 Å². The number of halogens is 1. The van der Waals surface area contributed by atoms with Crippen LogP contribution in [0.1, 0.15) is 23.9 Å². The van der Waals surface area contributed by atoms with Crippen molar-refractivity contribution < 1.29 is 0 Å². The van der Waals surface area contributed by atoms with Crippen molar-refractivity contribution in [1.82, 2.24) is 9.78 Å². The second-order valence-electron chi connectivity index (χ2n) is 5.16. The number of benzene rings is 1. The van der Waals surface area contributed by atoms with Gasteiger partial charge < -0.3 is 5.73 Å². The third-order valence-electron chi connectivity index (χ3n) is 3.64. The van der Waals surface area contributed by atoms with Crippen LogP contribution in [0.2, 0.25) is 0 Å². The summed E-state index contributed by atoms with van der Waals surface area (Å²) in [5, 5.41) is 4.55. The van der Waals surface area contributed by atoms with Crippen molar-refractivity contribution in [3.05, 3.63) is 51.8 Å². The van der Waals surface area contributed by atoms with Gasteiger partial charge in [-0.1, -0.05) is 30.3 Å². The Morgan fingerprint density at radius 1 is 1.25 bits per heavy atom. The fourth-order valence-corrected chi connectivity index (χ4v) is 2.97. The Morgan fingerprint density at radius 3 is 2.55 bits per heavy atom. The van der Waals surface area contributed by atoms with Crippen molar-refractivity contribution in [2.45, 2.75) is 33.2 Å². The Bertz CT molecular complexity index is 548. The van der Waals surface area contributed by atoms with E-state index < -0.39 is 0 Å². The molecule has 0 saturated heterocycles. The van der Waals surface area contributed by atoms with Crippen molar-refractivity contribution in [3.8, 4) is 0 Å². The maximum atomic E-state index is 5.97. The van der Waals surface area contributed by atoms with Crippen LogP contribution in [-0.4, -0.2) is 16.3 Å². The molecule has 1 atom stereocenters. The summed E-state index contributed by atoms with van der Waals surface area (Å²) < 4.78 is 3.21. The lowest BCUT2D eigenvalue weighted by Crippen LogP contribution is -2.21. The first-order valence-corrected chi connectivity index (χ1v) is 7.90. The molecule has 0 saturated carbocycles. The van der Waals surface area contributed by atoms with Crippen molar-refractivity contribution >= 4 is 15.9 Å². The van der Waals surface area contributed by atoms with Gasteiger partial charge in [-0.25, -0.2) is 0 Å². The first-order chi connectivity index (χ1) is 9.65. The van der Waals surface area contributed by atoms with Crippen LogP contribution >= 0.6 is 15.9 Å². The van der Waals surface area contributed by atoms with Crippen molar-refractivity contribution in [3.63, 3.8) is 0 Å². The van der Waals surface area contributed by atoms with Crippen molar-refractivity contribution in [1.29, 1.82) is 0 Å². The second-order valence-corrected chi connectivity index (χ2v) is 5.95. The molecule has 0 bridgehead atoms. The smallest absolute Gasteiger partial charge is 0.0738 e. The number of aryl methyl sites for hydroxylation is 2. The lowest BCUT2D eigenvalue weighted by atomic mass is 9.94. The zero-order valence-corrected chi connectivity index (χ0v) is 13.7. The Balaban J connectivity index is 2.14. The highest BCUT2D eigenvalue weighted by Gasteiger charge is 2.17. The van der Waals surface area contributed by atoms with E-state index in [1.807, 2.05) is 13.0 Å². The van der Waals surface area contributed by atoms with Gasteiger partial charge in [0, 0.05) is 6.54 Å². The number of hydrogen-bond acceptors (Lipinski definition) is 2. The molecule has 0 aliphatic carbocycles. The third kappa shape index (κ3) is 3.49. The maximum absolute atomic E-state index is 5.97. The first kappa shape index (κ1) is 15.3. The van der Waals surface area contributed by atoms with Gasteiger partial charge in [-0.15, -0.1) is 0 Å². The SMILES string of the molecule is CCn1nc(C)c(Br)c1CC(CN)Cc1ccccc1. The minimum absolute atomic E-state index is 0.440. The maximum Gasteiger partial charge on any atom is 0.0738 e. The van der Waals surface area contributed by atoms with Gasteiger partial charge in [0.15, 0.2) is 0 Å². The highest BCUT2D eigenvalue weighted by Crippen LogP contribution is 2.24. The fourth-order valence-electron chi connectivity index (χ4n) is 2.52. The van der Waals surface area contributed by atoms with Crippen LogP contribution in [0.25, 0.3) is 0 Å². The van der Waals surface area contributed by atoms with Crippen LogP contribution in [0.5, 0.6) is 0 Å². The molecule has 108 valence electrons. The van der Waals surface area contributed by atoms with Crippen LogP contribution in [0, 0.1) is 12.8 Å². The molecule has 1 heterocycles. The topological polar surface area (TPSA) is 43.8 Å². The number of aromatic nitrogens is 2. The number of hydrogen-bond donors (Lipinski definition) is 1. The Kier molecular flexibility index (Phi) is 5.38. The summed E-state index contributed by atoms with van der Waals surface area (Å²) >= 11 is 3.66. The summed E-state index contributed by atoms with van der Waals surface area (Å²) in [4.78, 5) is 0. The molecule has 2 N–H and O–H groups in total. The van der Waals surface area contributed by atoms with Gasteiger partial charge in [0.2, 0.25) is 0 Å². The minimum Gasteiger partial charge on any atom is -0.330 e. The van der Waals surface area contributed by atoms with E-state index in [9.17, 15) is 0 Å². The van der Waals surface area contributed by atoms with Gasteiger partial charge >= 0.3 is 0 Å². The van der Waals surface area contributed by atoms with Gasteiger partial charge in [-0.05, 0) is 60.6 Å². The molecule has 0 radical (unpaired) electrons. The molecule has 0 spiro atoms. The number of rotatable bonds is 6. The van der Waals surface area contributed by atoms with Gasteiger partial charge in [0.05, 0.1) is 15.9 Å². The predicted molar refractivity (Wildman–Crippen MR) is 86.7 cm³/mol. The summed E-state index contributed by atoms with van der Waals surface area (Å²) in [5.41, 5.74) is 9.63. The van der Waals surface area contributed by atoms with Gasteiger partial charge in [-0.2, -0.15) is 5.10 Å². The van der Waals surface area contributed by atoms with E-state index >= 15 is 0 Å². The second kappa shape index (κ2) is 7.04. The summed E-state index contributed by atoms with van der Waals surface area (Å²) in [6.45, 7) is 5.74. The van der Waals surface area contributed by atoms with E-state index in [-0.39, 0.29) is 0 Å². The number of nitrogens with two attached hydrogens (primary N) is 1. The monoisotopic (exact) mass is 335 g/mol. The lowest BCUT2D eigenvalue weighted by molar-refractivity contribution is 0.498. The zero-order chi connectivity index (χ0) is 14.5. The molecule has 0 amide bonds. The molecule has 0 aliphatic rings. The van der Waals surface area contributed by atoms with Crippen LogP contribution in [0.15, 0.2) is 34.8 Å². The summed E-state index contributed by atoms with van der Waals surface area (Å²) in [7, 11) is 0. The standard InChI is InChI=1S/C16H22BrN3/c1-3-20-15(16(17)12(2)19-20)10-14(11-18)9-13-7-5-4-6-8-13/h4-8,14H,3,9-11,18H2,1-2H3. The predicted octanol–water partition coefficient (Wildman–Crippen LogP) is 3.33. The Labute approximate surface area is 129 Å². The molecule has 0 aliphatic heterocycles. The van der Waals surface area contributed by atoms with E-state index in [2.05, 4.69) is 56.9 Å². The van der Waals surface area contributed by atoms with Gasteiger partial charge in [0.25, 0.3) is 0 Å². The molecule has 1 aromatic carbocycles. The van der Waals surface area contributed by atoms with Crippen LogP contribution in [-0.2, 0) is 19.4 Å². The zero-order valence-electron chi connectivity index (χ0n) is 12.1. The van der Waals surface area contributed by atoms with Gasteiger partial charge in [0.1, 0.15) is 0 Å². The number of nitrogens with zero attached hydrogens (tertiary/aromatic N) is 2. The largest absolute Gasteiger partial charge is 0.330 e. The lowest BCUT2D eigenvalue weighted by Gasteiger charge is -2.16. The molecule has 20 heavy (non-hydrogen) atoms. The fraction of sp³-hybridized carbons (Fsp3) is 0.438. The third-order valence-corrected chi connectivity index (χ3v) is 4.67. The molecule has 1 aromatic heterocycles. The first-order valence-electron chi connectivity index (χ1n) is 7.11. The summed E-state index contributed by atoms with van der Waals surface area (Å²) in [6.07, 6.45) is 1.97.